The second-order valence-corrected chi connectivity index (χ2v) is 9.55. The molecule has 0 saturated heterocycles. The quantitative estimate of drug-likeness (QED) is 0.599. The molecule has 0 aliphatic heterocycles. The summed E-state index contributed by atoms with van der Waals surface area (Å²) in [6, 6.07) is 8.99. The molecule has 2 aromatic carbocycles. The van der Waals surface area contributed by atoms with Gasteiger partial charge in [0.15, 0.2) is 0 Å². The third-order valence-electron chi connectivity index (χ3n) is 5.01. The van der Waals surface area contributed by atoms with Crippen molar-refractivity contribution in [3.8, 4) is 11.5 Å². The fourth-order valence-corrected chi connectivity index (χ4v) is 4.78. The summed E-state index contributed by atoms with van der Waals surface area (Å²) in [5.74, 6) is 0.620. The Kier molecular flexibility index (Phi) is 8.20. The van der Waals surface area contributed by atoms with Crippen molar-refractivity contribution in [1.82, 2.24) is 5.32 Å². The first-order valence-corrected chi connectivity index (χ1v) is 12.0. The molecule has 0 unspecified atom stereocenters. The van der Waals surface area contributed by atoms with E-state index >= 15 is 0 Å². The van der Waals surface area contributed by atoms with Crippen molar-refractivity contribution >= 4 is 33.2 Å². The van der Waals surface area contributed by atoms with E-state index < -0.39 is 22.0 Å². The predicted molar refractivity (Wildman–Crippen MR) is 124 cm³/mol. The summed E-state index contributed by atoms with van der Waals surface area (Å²) in [7, 11) is -0.786. The van der Waals surface area contributed by atoms with E-state index in [0.717, 1.165) is 27.4 Å². The maximum atomic E-state index is 13.1. The summed E-state index contributed by atoms with van der Waals surface area (Å²) in [4.78, 5) is 13.1. The lowest BCUT2D eigenvalue weighted by Crippen LogP contribution is -2.48. The molecule has 0 aliphatic carbocycles. The molecule has 0 bridgehead atoms. The first kappa shape index (κ1) is 24.8. The number of halogens is 1. The lowest BCUT2D eigenvalue weighted by atomic mass is 10.0. The Labute approximate surface area is 189 Å². The number of nitrogens with zero attached hydrogens (tertiary/aromatic N) is 1. The molecule has 0 radical (unpaired) electrons. The van der Waals surface area contributed by atoms with Crippen molar-refractivity contribution in [2.24, 2.45) is 0 Å². The minimum atomic E-state index is -3.82. The van der Waals surface area contributed by atoms with Gasteiger partial charge < -0.3 is 14.8 Å². The second kappa shape index (κ2) is 10.2. The number of carbonyl (C=O) groups excluding carboxylic acids is 1. The van der Waals surface area contributed by atoms with Crippen LogP contribution in [0.5, 0.6) is 11.5 Å². The number of hydrogen-bond donors (Lipinski definition) is 1. The number of aryl methyl sites for hydroxylation is 1. The van der Waals surface area contributed by atoms with Gasteiger partial charge in [-0.2, -0.15) is 0 Å². The van der Waals surface area contributed by atoms with Gasteiger partial charge in [-0.25, -0.2) is 8.42 Å². The zero-order valence-electron chi connectivity index (χ0n) is 18.6. The summed E-state index contributed by atoms with van der Waals surface area (Å²) in [5, 5.41) is 3.29. The van der Waals surface area contributed by atoms with Gasteiger partial charge in [-0.15, -0.1) is 0 Å². The van der Waals surface area contributed by atoms with Gasteiger partial charge in [0.05, 0.1) is 32.2 Å². The molecule has 1 N–H and O–H groups in total. The third-order valence-corrected chi connectivity index (χ3v) is 6.48. The lowest BCUT2D eigenvalue weighted by Gasteiger charge is -2.31. The molecular formula is C22H29ClN2O5S. The van der Waals surface area contributed by atoms with Gasteiger partial charge in [-0.05, 0) is 55.7 Å². The number of hydrogen-bond acceptors (Lipinski definition) is 5. The van der Waals surface area contributed by atoms with Gasteiger partial charge in [0.2, 0.25) is 15.9 Å². The van der Waals surface area contributed by atoms with Crippen LogP contribution in [0.1, 0.15) is 37.4 Å². The average Bonchev–Trinajstić information content (AvgIpc) is 2.71. The van der Waals surface area contributed by atoms with Crippen LogP contribution in [0.15, 0.2) is 36.4 Å². The summed E-state index contributed by atoms with van der Waals surface area (Å²) in [6.07, 6.45) is 1.67. The first-order chi connectivity index (χ1) is 14.5. The van der Waals surface area contributed by atoms with E-state index in [1.165, 1.54) is 20.1 Å². The molecule has 0 fully saturated rings. The monoisotopic (exact) mass is 468 g/mol. The number of methoxy groups -OCH3 is 2. The van der Waals surface area contributed by atoms with Gasteiger partial charge >= 0.3 is 0 Å². The molecule has 170 valence electrons. The SMILES string of the molecule is CC[C@H](NC(=O)[C@@H](C)N(c1cc(Cl)ccc1OC)S(C)(=O)=O)c1ccc(OC)c(C)c1. The number of benzene rings is 2. The van der Waals surface area contributed by atoms with E-state index in [1.54, 1.807) is 19.2 Å². The molecule has 0 aromatic heterocycles. The highest BCUT2D eigenvalue weighted by Gasteiger charge is 2.32. The smallest absolute Gasteiger partial charge is 0.244 e. The number of ether oxygens (including phenoxy) is 2. The third kappa shape index (κ3) is 5.83. The molecule has 0 aliphatic rings. The summed E-state index contributed by atoms with van der Waals surface area (Å²) in [5.41, 5.74) is 2.06. The van der Waals surface area contributed by atoms with Crippen LogP contribution in [0.3, 0.4) is 0 Å². The van der Waals surface area contributed by atoms with Gasteiger partial charge in [-0.3, -0.25) is 9.10 Å². The van der Waals surface area contributed by atoms with Crippen LogP contribution in [-0.4, -0.2) is 40.8 Å². The Morgan fingerprint density at radius 3 is 2.26 bits per heavy atom. The summed E-state index contributed by atoms with van der Waals surface area (Å²) in [6.45, 7) is 5.41. The van der Waals surface area contributed by atoms with Crippen LogP contribution in [-0.2, 0) is 14.8 Å². The summed E-state index contributed by atoms with van der Waals surface area (Å²) < 4.78 is 36.9. The van der Waals surface area contributed by atoms with E-state index in [1.807, 2.05) is 32.0 Å². The van der Waals surface area contributed by atoms with E-state index in [0.29, 0.717) is 17.2 Å². The van der Waals surface area contributed by atoms with E-state index in [-0.39, 0.29) is 11.7 Å². The maximum absolute atomic E-state index is 13.1. The van der Waals surface area contributed by atoms with Crippen molar-refractivity contribution in [3.63, 3.8) is 0 Å². The molecule has 0 saturated carbocycles. The zero-order chi connectivity index (χ0) is 23.3. The van der Waals surface area contributed by atoms with Crippen LogP contribution in [0.25, 0.3) is 0 Å². The van der Waals surface area contributed by atoms with Crippen LogP contribution in [0, 0.1) is 6.92 Å². The van der Waals surface area contributed by atoms with Crippen molar-refractivity contribution in [1.29, 1.82) is 0 Å². The molecule has 2 atom stereocenters. The lowest BCUT2D eigenvalue weighted by molar-refractivity contribution is -0.122. The minimum Gasteiger partial charge on any atom is -0.496 e. The van der Waals surface area contributed by atoms with Crippen LogP contribution < -0.4 is 19.1 Å². The topological polar surface area (TPSA) is 84.9 Å². The van der Waals surface area contributed by atoms with Crippen LogP contribution in [0.2, 0.25) is 5.02 Å². The average molecular weight is 469 g/mol. The molecule has 9 heteroatoms. The Morgan fingerprint density at radius 1 is 1.13 bits per heavy atom. The molecular weight excluding hydrogens is 440 g/mol. The molecule has 0 heterocycles. The number of amides is 1. The van der Waals surface area contributed by atoms with E-state index in [9.17, 15) is 13.2 Å². The highest BCUT2D eigenvalue weighted by molar-refractivity contribution is 7.92. The molecule has 2 rings (SSSR count). The standard InChI is InChI=1S/C22H29ClN2O5S/c1-7-18(16-8-10-20(29-4)14(2)12-16)24-22(26)15(3)25(31(6,27)28)19-13-17(23)9-11-21(19)30-5/h8-13,15,18H,7H2,1-6H3,(H,24,26)/t15-,18+/m1/s1. The second-order valence-electron chi connectivity index (χ2n) is 7.25. The number of rotatable bonds is 9. The molecule has 7 nitrogen and oxygen atoms in total. The van der Waals surface area contributed by atoms with Gasteiger partial charge in [0, 0.05) is 5.02 Å². The van der Waals surface area contributed by atoms with E-state index in [2.05, 4.69) is 5.32 Å². The minimum absolute atomic E-state index is 0.202. The fraction of sp³-hybridized carbons (Fsp3) is 0.409. The number of anilines is 1. The Balaban J connectivity index is 2.37. The first-order valence-electron chi connectivity index (χ1n) is 9.81. The van der Waals surface area contributed by atoms with Crippen LogP contribution in [0.4, 0.5) is 5.69 Å². The fourth-order valence-electron chi connectivity index (χ4n) is 3.45. The van der Waals surface area contributed by atoms with Gasteiger partial charge in [0.1, 0.15) is 17.5 Å². The Bertz CT molecular complexity index is 1040. The zero-order valence-corrected chi connectivity index (χ0v) is 20.2. The van der Waals surface area contributed by atoms with Gasteiger partial charge in [0.25, 0.3) is 0 Å². The highest BCUT2D eigenvalue weighted by Crippen LogP contribution is 2.34. The molecule has 2 aromatic rings. The predicted octanol–water partition coefficient (Wildman–Crippen LogP) is 4.09. The number of nitrogens with one attached hydrogen (secondary N) is 1. The normalized spacial score (nSPS) is 13.3. The van der Waals surface area contributed by atoms with Crippen molar-refractivity contribution in [2.45, 2.75) is 39.3 Å². The number of carbonyl (C=O) groups is 1. The molecule has 1 amide bonds. The van der Waals surface area contributed by atoms with Crippen molar-refractivity contribution < 1.29 is 22.7 Å². The van der Waals surface area contributed by atoms with Crippen molar-refractivity contribution in [3.05, 3.63) is 52.5 Å². The van der Waals surface area contributed by atoms with Crippen LogP contribution >= 0.6 is 11.6 Å². The van der Waals surface area contributed by atoms with Crippen molar-refractivity contribution in [2.75, 3.05) is 24.8 Å². The molecule has 0 spiro atoms. The number of sulfonamides is 1. The highest BCUT2D eigenvalue weighted by atomic mass is 35.5. The molecule has 31 heavy (non-hydrogen) atoms. The largest absolute Gasteiger partial charge is 0.496 e. The Morgan fingerprint density at radius 2 is 1.74 bits per heavy atom. The van der Waals surface area contributed by atoms with Gasteiger partial charge in [-0.1, -0.05) is 30.7 Å². The Hall–Kier alpha value is -2.45. The maximum Gasteiger partial charge on any atom is 0.244 e. The summed E-state index contributed by atoms with van der Waals surface area (Å²) >= 11 is 6.09. The van der Waals surface area contributed by atoms with E-state index in [4.69, 9.17) is 21.1 Å².